The fourth-order valence-corrected chi connectivity index (χ4v) is 18.0. The van der Waals surface area contributed by atoms with Crippen molar-refractivity contribution < 1.29 is 70.7 Å². The maximum atomic E-state index is 15.7. The number of carbonyl (C=O) groups is 12. The van der Waals surface area contributed by atoms with Crippen LogP contribution in [0.15, 0.2) is 0 Å². The van der Waals surface area contributed by atoms with E-state index in [-0.39, 0.29) is 101 Å². The van der Waals surface area contributed by atoms with Gasteiger partial charge < -0.3 is 60.0 Å². The van der Waals surface area contributed by atoms with Gasteiger partial charge in [0.15, 0.2) is 0 Å². The Balaban J connectivity index is 1.16. The first-order valence-electron chi connectivity index (χ1n) is 38.0. The predicted molar refractivity (Wildman–Crippen MR) is 372 cm³/mol. The quantitative estimate of drug-likeness (QED) is 0.190. The number of alkyl halides is 4. The van der Waals surface area contributed by atoms with E-state index in [4.69, 9.17) is 11.6 Å². The smallest absolute Gasteiger partial charge is 0.343 e. The Morgan fingerprint density at radius 1 is 0.584 bits per heavy atom. The number of piperidine rings is 1. The minimum Gasteiger partial charge on any atom is -0.343 e. The molecule has 4 heterocycles. The Kier molecular flexibility index (Phi) is 28.2. The molecule has 3 unspecified atom stereocenters. The number of nitrogens with one attached hydrogen (secondary N) is 3. The maximum Gasteiger partial charge on any atom is 0.393 e. The zero-order valence-corrected chi connectivity index (χ0v) is 62.4. The van der Waals surface area contributed by atoms with Crippen LogP contribution in [-0.2, 0) is 57.5 Å². The predicted octanol–water partition coefficient (Wildman–Crippen LogP) is 6.38. The lowest BCUT2D eigenvalue weighted by Gasteiger charge is -2.45. The van der Waals surface area contributed by atoms with Crippen LogP contribution in [-0.4, -0.2) is 261 Å². The molecule has 8 rings (SSSR count). The molecule has 0 bridgehead atoms. The standard InChI is InChI=1S/C73H116ClF3N12O12/c1-11-24-53-62(92)79-60(45(3)12-2)69(99)82(6)46(4)64(94)89-40-34-55(89)67(97)84(8)56(42-47-25-15-13-16-26-47)66(96)81(5)44-58(90)78-52(33-31-48-30-32-50(51(74)41-48)73(75,76)77)65(95)88-39-23-29-54(88)63(93)80-72(35-19-20-36-72)71(101)86(10)61(49-27-17-18-28-49)70(100)85(9)57(43-59(91)83(53)7)68(98)87-37-21-14-22-38-87/h45-57,60-61H,11-44H2,1-10H3,(H,78,90)(H,79,92)(H,80,93)/t45-,46-,48?,50?,51?,52-,53-,54-,55-,56-,57-,60-,61-/m0/s1. The van der Waals surface area contributed by atoms with Gasteiger partial charge in [-0.1, -0.05) is 91.4 Å². The third kappa shape index (κ3) is 18.8. The number of nitrogens with zero attached hydrogens (tertiary/aromatic N) is 9. The van der Waals surface area contributed by atoms with Crippen LogP contribution in [0, 0.1) is 29.6 Å². The third-order valence-electron chi connectivity index (χ3n) is 24.4. The van der Waals surface area contributed by atoms with Crippen molar-refractivity contribution in [3.8, 4) is 0 Å². The monoisotopic (exact) mass is 1440 g/mol. The molecule has 0 radical (unpaired) electrons. The molecule has 0 aromatic heterocycles. The number of halogens is 4. The normalized spacial score (nSPS) is 31.7. The second-order valence-corrected chi connectivity index (χ2v) is 31.6. The maximum absolute atomic E-state index is 15.7. The summed E-state index contributed by atoms with van der Waals surface area (Å²) in [5, 5.41) is 7.68. The van der Waals surface area contributed by atoms with Crippen molar-refractivity contribution in [3.05, 3.63) is 0 Å². The first kappa shape index (κ1) is 80.4. The van der Waals surface area contributed by atoms with Gasteiger partial charge in [0.1, 0.15) is 59.9 Å². The van der Waals surface area contributed by atoms with Crippen LogP contribution in [0.25, 0.3) is 0 Å². The second-order valence-electron chi connectivity index (χ2n) is 31.0. The van der Waals surface area contributed by atoms with Crippen LogP contribution < -0.4 is 16.0 Å². The molecule has 3 N–H and O–H groups in total. The molecule has 4 saturated heterocycles. The van der Waals surface area contributed by atoms with Crippen LogP contribution >= 0.6 is 11.6 Å². The lowest BCUT2D eigenvalue weighted by Crippen LogP contribution is -2.65. The van der Waals surface area contributed by atoms with Gasteiger partial charge in [-0.15, -0.1) is 11.6 Å². The first-order chi connectivity index (χ1) is 47.8. The van der Waals surface area contributed by atoms with E-state index in [1.165, 1.54) is 88.4 Å². The van der Waals surface area contributed by atoms with Crippen LogP contribution in [0.2, 0.25) is 0 Å². The molecule has 24 nitrogen and oxygen atoms in total. The van der Waals surface area contributed by atoms with Crippen LogP contribution in [0.1, 0.15) is 214 Å². The lowest BCUT2D eigenvalue weighted by molar-refractivity contribution is -0.182. The summed E-state index contributed by atoms with van der Waals surface area (Å²) in [6, 6.07) is -10.6. The Morgan fingerprint density at radius 3 is 1.82 bits per heavy atom. The van der Waals surface area contributed by atoms with Gasteiger partial charge in [-0.2, -0.15) is 13.2 Å². The van der Waals surface area contributed by atoms with Crippen LogP contribution in [0.4, 0.5) is 13.2 Å². The van der Waals surface area contributed by atoms with Crippen molar-refractivity contribution in [2.45, 2.75) is 285 Å². The topological polar surface area (TPSA) is 270 Å². The van der Waals surface area contributed by atoms with Gasteiger partial charge in [-0.3, -0.25) is 57.5 Å². The minimum absolute atomic E-state index is 0.00550. The molecule has 1 spiro atoms. The molecule has 4 saturated carbocycles. The fraction of sp³-hybridized carbons (Fsp3) is 0.836. The van der Waals surface area contributed by atoms with Gasteiger partial charge >= 0.3 is 6.18 Å². The van der Waals surface area contributed by atoms with E-state index in [9.17, 15) is 37.1 Å². The number of rotatable bonds is 11. The summed E-state index contributed by atoms with van der Waals surface area (Å²) in [4.78, 5) is 193. The molecule has 568 valence electrons. The molecule has 13 atom stereocenters. The van der Waals surface area contributed by atoms with Gasteiger partial charge in [-0.25, -0.2) is 0 Å². The van der Waals surface area contributed by atoms with Crippen molar-refractivity contribution in [1.29, 1.82) is 0 Å². The molecule has 4 aliphatic carbocycles. The first-order valence-corrected chi connectivity index (χ1v) is 38.4. The number of likely N-dealkylation sites (N-methyl/N-ethyl adjacent to an activating group) is 6. The van der Waals surface area contributed by atoms with E-state index < -0.39 is 167 Å². The molecule has 28 heteroatoms. The Morgan fingerprint density at radius 2 is 1.22 bits per heavy atom. The molecule has 4 aliphatic heterocycles. The van der Waals surface area contributed by atoms with E-state index in [0.717, 1.165) is 51.4 Å². The average molecular weight is 1450 g/mol. The van der Waals surface area contributed by atoms with Gasteiger partial charge in [0.2, 0.25) is 70.9 Å². The highest BCUT2D eigenvalue weighted by atomic mass is 35.5. The summed E-state index contributed by atoms with van der Waals surface area (Å²) in [5.74, 6) is -10.0. The fourth-order valence-electron chi connectivity index (χ4n) is 17.4. The summed E-state index contributed by atoms with van der Waals surface area (Å²) < 4.78 is 42.1. The van der Waals surface area contributed by atoms with E-state index in [0.29, 0.717) is 70.9 Å². The molecule has 0 aromatic carbocycles. The number of amides is 12. The van der Waals surface area contributed by atoms with E-state index >= 15 is 33.6 Å². The summed E-state index contributed by atoms with van der Waals surface area (Å²) in [5.41, 5.74) is -1.54. The lowest BCUT2D eigenvalue weighted by atomic mass is 9.78. The summed E-state index contributed by atoms with van der Waals surface area (Å²) in [6.07, 6.45) is 7.89. The molecule has 8 aliphatic rings. The summed E-state index contributed by atoms with van der Waals surface area (Å²) >= 11 is 6.42. The summed E-state index contributed by atoms with van der Waals surface area (Å²) in [6.45, 7) is 7.45. The van der Waals surface area contributed by atoms with Gasteiger partial charge in [0.05, 0.1) is 18.9 Å². The Bertz CT molecular complexity index is 2980. The molecule has 101 heavy (non-hydrogen) atoms. The number of carbonyl (C=O) groups excluding carboxylic acids is 12. The molecule has 0 aromatic rings. The SMILES string of the molecule is CCC[C@H]1C(=O)N[C@@H]([C@@H](C)CC)C(=O)N(C)[C@@H](C)C(=O)N2CC[C@H]2C(=O)N(C)[C@@H](CC2CCCCC2)C(=O)N(C)CC(=O)N[C@@H](CCC2CCC(C(F)(F)F)C(Cl)C2)C(=O)N2CCC[C@H]2C(=O)NC2(CCCC2)C(=O)N(C)[C@@H](C2CCCC2)C(=O)N(C)[C@H](C(=O)N2CCCCC2)CC(=O)N1C. The van der Waals surface area contributed by atoms with E-state index in [2.05, 4.69) is 16.0 Å². The van der Waals surface area contributed by atoms with Crippen molar-refractivity contribution in [2.75, 3.05) is 75.0 Å². The third-order valence-corrected chi connectivity index (χ3v) is 24.8. The zero-order valence-electron chi connectivity index (χ0n) is 61.6. The highest BCUT2D eigenvalue weighted by Gasteiger charge is 2.53. The van der Waals surface area contributed by atoms with Gasteiger partial charge in [-0.05, 0) is 140 Å². The molecular formula is C73H116ClF3N12O12. The largest absolute Gasteiger partial charge is 0.393 e. The summed E-state index contributed by atoms with van der Waals surface area (Å²) in [7, 11) is 8.82. The van der Waals surface area contributed by atoms with E-state index in [1.54, 1.807) is 11.8 Å². The van der Waals surface area contributed by atoms with Crippen molar-refractivity contribution >= 4 is 82.5 Å². The number of likely N-dealkylation sites (tertiary alicyclic amines) is 1. The molecule has 8 fully saturated rings. The Hall–Kier alpha value is -6.28. The highest BCUT2D eigenvalue weighted by molar-refractivity contribution is 6.21. The van der Waals surface area contributed by atoms with Crippen molar-refractivity contribution in [2.24, 2.45) is 29.6 Å². The molecular weight excluding hydrogens is 1330 g/mol. The van der Waals surface area contributed by atoms with E-state index in [1.807, 2.05) is 13.8 Å². The van der Waals surface area contributed by atoms with Crippen LogP contribution in [0.5, 0.6) is 0 Å². The van der Waals surface area contributed by atoms with Crippen LogP contribution in [0.3, 0.4) is 0 Å². The number of hydrogen-bond donors (Lipinski definition) is 3. The second kappa shape index (κ2) is 35.5. The van der Waals surface area contributed by atoms with Crippen molar-refractivity contribution in [3.63, 3.8) is 0 Å². The number of hydrogen-bond acceptors (Lipinski definition) is 12. The Labute approximate surface area is 600 Å². The number of fused-ring (bicyclic) bond motifs is 2. The van der Waals surface area contributed by atoms with Gasteiger partial charge in [0, 0.05) is 73.8 Å². The zero-order chi connectivity index (χ0) is 73.9. The van der Waals surface area contributed by atoms with Crippen molar-refractivity contribution in [1.82, 2.24) is 60.0 Å². The molecule has 12 amide bonds. The average Bonchev–Trinajstić information content (AvgIpc) is 1.74. The van der Waals surface area contributed by atoms with Gasteiger partial charge in [0.25, 0.3) is 0 Å². The highest BCUT2D eigenvalue weighted by Crippen LogP contribution is 2.44. The minimum atomic E-state index is -4.51.